The highest BCUT2D eigenvalue weighted by Gasteiger charge is 2.32. The smallest absolute Gasteiger partial charge is 0.264 e. The summed E-state index contributed by atoms with van der Waals surface area (Å²) in [5.41, 5.74) is 1.75. The van der Waals surface area contributed by atoms with E-state index in [1.165, 1.54) is 11.3 Å². The molecule has 164 valence electrons. The molecule has 0 aliphatic carbocycles. The van der Waals surface area contributed by atoms with Gasteiger partial charge in [-0.3, -0.25) is 14.4 Å². The lowest BCUT2D eigenvalue weighted by Crippen LogP contribution is -2.42. The van der Waals surface area contributed by atoms with Gasteiger partial charge in [0.1, 0.15) is 5.82 Å². The number of benzene rings is 1. The van der Waals surface area contributed by atoms with Crippen molar-refractivity contribution >= 4 is 23.2 Å². The number of hydrogen-bond donors (Lipinski definition) is 1. The van der Waals surface area contributed by atoms with E-state index in [-0.39, 0.29) is 23.4 Å². The largest absolute Gasteiger partial charge is 0.332 e. The Labute approximate surface area is 189 Å². The van der Waals surface area contributed by atoms with E-state index in [1.54, 1.807) is 4.90 Å². The molecule has 0 saturated carbocycles. The van der Waals surface area contributed by atoms with Crippen LogP contribution in [0.2, 0.25) is 0 Å². The number of fused-ring (bicyclic) bond motifs is 1. The molecule has 7 nitrogen and oxygen atoms in total. The second-order valence-electron chi connectivity index (χ2n) is 8.21. The van der Waals surface area contributed by atoms with E-state index in [0.29, 0.717) is 53.6 Å². The number of rotatable bonds is 3. The quantitative estimate of drug-likeness (QED) is 0.665. The van der Waals surface area contributed by atoms with Gasteiger partial charge in [0.05, 0.1) is 23.2 Å². The summed E-state index contributed by atoms with van der Waals surface area (Å²) in [6.07, 6.45) is 3.12. The number of hydrogen-bond acceptors (Lipinski definition) is 5. The summed E-state index contributed by atoms with van der Waals surface area (Å²) in [6, 6.07) is 12.6. The van der Waals surface area contributed by atoms with E-state index in [4.69, 9.17) is 4.98 Å². The lowest BCUT2D eigenvalue weighted by atomic mass is 9.99. The second-order valence-corrected chi connectivity index (χ2v) is 9.15. The number of aromatic nitrogens is 2. The van der Waals surface area contributed by atoms with Gasteiger partial charge in [0.25, 0.3) is 17.4 Å². The molecule has 0 bridgehead atoms. The van der Waals surface area contributed by atoms with Gasteiger partial charge in [0, 0.05) is 24.2 Å². The maximum Gasteiger partial charge on any atom is 0.264 e. The highest BCUT2D eigenvalue weighted by Crippen LogP contribution is 2.31. The van der Waals surface area contributed by atoms with E-state index in [9.17, 15) is 14.4 Å². The van der Waals surface area contributed by atoms with Crippen molar-refractivity contribution in [2.75, 3.05) is 13.1 Å². The van der Waals surface area contributed by atoms with Crippen molar-refractivity contribution in [3.8, 4) is 0 Å². The van der Waals surface area contributed by atoms with Gasteiger partial charge in [0.15, 0.2) is 0 Å². The molecule has 0 radical (unpaired) electrons. The first kappa shape index (κ1) is 20.6. The minimum atomic E-state index is -0.280. The van der Waals surface area contributed by atoms with Crippen LogP contribution in [0.25, 0.3) is 0 Å². The average Bonchev–Trinajstić information content (AvgIpc) is 3.38. The van der Waals surface area contributed by atoms with Crippen LogP contribution >= 0.6 is 11.3 Å². The van der Waals surface area contributed by atoms with Crippen LogP contribution < -0.4 is 5.56 Å². The summed E-state index contributed by atoms with van der Waals surface area (Å²) >= 11 is 1.41. The number of piperidine rings is 1. The lowest BCUT2D eigenvalue weighted by Gasteiger charge is -2.36. The Morgan fingerprint density at radius 3 is 2.66 bits per heavy atom. The molecule has 1 N–H and O–H groups in total. The Morgan fingerprint density at radius 1 is 1.03 bits per heavy atom. The fourth-order valence-corrected chi connectivity index (χ4v) is 5.24. The van der Waals surface area contributed by atoms with Crippen LogP contribution in [0.15, 0.2) is 52.6 Å². The van der Waals surface area contributed by atoms with Gasteiger partial charge in [-0.25, -0.2) is 4.98 Å². The van der Waals surface area contributed by atoms with Crippen LogP contribution in [0.4, 0.5) is 0 Å². The van der Waals surface area contributed by atoms with Gasteiger partial charge in [-0.1, -0.05) is 24.3 Å². The van der Waals surface area contributed by atoms with Crippen LogP contribution in [0.1, 0.15) is 62.4 Å². The molecule has 0 unspecified atom stereocenters. The van der Waals surface area contributed by atoms with Gasteiger partial charge in [0.2, 0.25) is 0 Å². The highest BCUT2D eigenvalue weighted by molar-refractivity contribution is 7.12. The Balaban J connectivity index is 1.44. The second kappa shape index (κ2) is 8.70. The van der Waals surface area contributed by atoms with Crippen LogP contribution in [0.5, 0.6) is 0 Å². The molecule has 1 saturated heterocycles. The first-order valence-corrected chi connectivity index (χ1v) is 11.8. The van der Waals surface area contributed by atoms with Crippen LogP contribution in [-0.2, 0) is 13.0 Å². The van der Waals surface area contributed by atoms with Gasteiger partial charge >= 0.3 is 0 Å². The zero-order chi connectivity index (χ0) is 22.1. The van der Waals surface area contributed by atoms with E-state index in [2.05, 4.69) is 4.98 Å². The fraction of sp³-hybridized carbons (Fsp3) is 0.333. The third-order valence-corrected chi connectivity index (χ3v) is 7.07. The minimum absolute atomic E-state index is 0.0344. The molecular weight excluding hydrogens is 424 g/mol. The van der Waals surface area contributed by atoms with Crippen molar-refractivity contribution in [3.63, 3.8) is 0 Å². The monoisotopic (exact) mass is 448 g/mol. The Morgan fingerprint density at radius 2 is 1.88 bits per heavy atom. The van der Waals surface area contributed by atoms with Gasteiger partial charge in [-0.2, -0.15) is 0 Å². The summed E-state index contributed by atoms with van der Waals surface area (Å²) in [7, 11) is 0. The fourth-order valence-electron chi connectivity index (χ4n) is 4.55. The molecule has 2 aromatic heterocycles. The van der Waals surface area contributed by atoms with Gasteiger partial charge in [-0.15, -0.1) is 11.3 Å². The van der Waals surface area contributed by atoms with Gasteiger partial charge in [-0.05, 0) is 49.3 Å². The van der Waals surface area contributed by atoms with Crippen molar-refractivity contribution < 1.29 is 9.59 Å². The first-order valence-electron chi connectivity index (χ1n) is 10.9. The number of aromatic amines is 1. The molecule has 2 aliphatic rings. The maximum absolute atomic E-state index is 13.2. The topological polar surface area (TPSA) is 86.4 Å². The molecule has 1 atom stereocenters. The Kier molecular flexibility index (Phi) is 5.61. The molecule has 5 rings (SSSR count). The number of nitrogens with zero attached hydrogens (tertiary/aromatic N) is 3. The van der Waals surface area contributed by atoms with Crippen molar-refractivity contribution in [2.24, 2.45) is 0 Å². The summed E-state index contributed by atoms with van der Waals surface area (Å²) < 4.78 is 0. The predicted molar refractivity (Wildman–Crippen MR) is 122 cm³/mol. The molecule has 2 amide bonds. The predicted octanol–water partition coefficient (Wildman–Crippen LogP) is 3.40. The molecule has 1 aromatic carbocycles. The first-order chi connectivity index (χ1) is 15.6. The number of carbonyl (C=O) groups is 2. The Hall–Kier alpha value is -3.26. The SMILES string of the molecule is O=C(c1cccs1)N1CCc2c(nc([C@@H]3CCCCN3C(=O)c3ccccc3)[nH]c2=O)C1. The summed E-state index contributed by atoms with van der Waals surface area (Å²) in [5.74, 6) is 0.432. The number of carbonyl (C=O) groups excluding carboxylic acids is 2. The van der Waals surface area contributed by atoms with Crippen molar-refractivity contribution in [2.45, 2.75) is 38.3 Å². The third-order valence-electron chi connectivity index (χ3n) is 6.21. The molecule has 1 fully saturated rings. The third kappa shape index (κ3) is 3.86. The number of likely N-dealkylation sites (tertiary alicyclic amines) is 1. The molecule has 32 heavy (non-hydrogen) atoms. The normalized spacial score (nSPS) is 18.3. The standard InChI is InChI=1S/C24H24N4O3S/c29-22-17-11-13-27(24(31)20-10-6-14-32-20)15-18(17)25-21(26-22)19-9-4-5-12-28(19)23(30)16-7-2-1-3-8-16/h1-3,6-8,10,14,19H,4-5,9,11-13,15H2,(H,25,26,29)/t19-/m0/s1. The van der Waals surface area contributed by atoms with E-state index >= 15 is 0 Å². The average molecular weight is 449 g/mol. The van der Waals surface area contributed by atoms with Crippen molar-refractivity contribution in [1.29, 1.82) is 0 Å². The zero-order valence-electron chi connectivity index (χ0n) is 17.6. The molecule has 2 aliphatic heterocycles. The highest BCUT2D eigenvalue weighted by atomic mass is 32.1. The lowest BCUT2D eigenvalue weighted by molar-refractivity contribution is 0.0598. The summed E-state index contributed by atoms with van der Waals surface area (Å²) in [6.45, 7) is 1.43. The molecule has 0 spiro atoms. The number of thiophene rings is 1. The Bertz CT molecular complexity index is 1190. The molecular formula is C24H24N4O3S. The number of nitrogens with one attached hydrogen (secondary N) is 1. The maximum atomic E-state index is 13.2. The molecule has 8 heteroatoms. The molecule has 4 heterocycles. The van der Waals surface area contributed by atoms with Crippen LogP contribution in [0.3, 0.4) is 0 Å². The van der Waals surface area contributed by atoms with Crippen LogP contribution in [0, 0.1) is 0 Å². The summed E-state index contributed by atoms with van der Waals surface area (Å²) in [5, 5.41) is 1.88. The van der Waals surface area contributed by atoms with Crippen molar-refractivity contribution in [1.82, 2.24) is 19.8 Å². The van der Waals surface area contributed by atoms with Gasteiger partial charge < -0.3 is 14.8 Å². The number of amides is 2. The summed E-state index contributed by atoms with van der Waals surface area (Å²) in [4.78, 5) is 50.9. The minimum Gasteiger partial charge on any atom is -0.332 e. The van der Waals surface area contributed by atoms with E-state index < -0.39 is 0 Å². The van der Waals surface area contributed by atoms with Crippen molar-refractivity contribution in [3.05, 3.63) is 85.7 Å². The van der Waals surface area contributed by atoms with Crippen LogP contribution in [-0.4, -0.2) is 44.7 Å². The number of H-pyrrole nitrogens is 1. The molecule has 3 aromatic rings. The van der Waals surface area contributed by atoms with E-state index in [1.807, 2.05) is 52.7 Å². The zero-order valence-corrected chi connectivity index (χ0v) is 18.4. The van der Waals surface area contributed by atoms with E-state index in [0.717, 1.165) is 19.3 Å².